The number of halogens is 3. The lowest BCUT2D eigenvalue weighted by molar-refractivity contribution is -0.141. The van der Waals surface area contributed by atoms with Gasteiger partial charge in [0.1, 0.15) is 17.4 Å². The standard InChI is InChI=1S/C46H51F3N8O7/c1-45(2,63)32-22-35-26(19-36(32)52-41(59)34-7-4-8-38(51-34)46(47,48)49)24-56(54-35)28-11-9-25(10-12-28)23-55-17-15-29(16-18-55)64-30-20-27(21-30)50-33-6-3-5-31-40(33)44(62)57(43(31)61)37-13-14-39(58)53-42(37)60/h3-8,19,22,24-25,27-30,37,50,63H,9-18,20-21,23H2,1-2H3,(H,52,59)(H,53,58,60). The number of nitrogens with zero attached hydrogens (tertiary/aromatic N) is 5. The molecule has 5 amide bonds. The summed E-state index contributed by atoms with van der Waals surface area (Å²) in [5.74, 6) is -2.36. The van der Waals surface area contributed by atoms with Crippen molar-refractivity contribution in [3.8, 4) is 0 Å². The van der Waals surface area contributed by atoms with E-state index >= 15 is 0 Å². The van der Waals surface area contributed by atoms with Gasteiger partial charge in [0.25, 0.3) is 17.7 Å². The molecule has 2 saturated heterocycles. The lowest BCUT2D eigenvalue weighted by atomic mass is 9.85. The van der Waals surface area contributed by atoms with Crippen LogP contribution in [0.3, 0.4) is 0 Å². The van der Waals surface area contributed by atoms with Crippen LogP contribution >= 0.6 is 0 Å². The highest BCUT2D eigenvalue weighted by molar-refractivity contribution is 6.25. The van der Waals surface area contributed by atoms with E-state index in [1.165, 1.54) is 6.07 Å². The SMILES string of the molecule is CC(C)(O)c1cc2nn(C3CCC(CN4CCC(OC5CC(Nc6cccc7c6C(=O)N(C6CCC(=O)NC6=O)C7=O)C5)CC4)CC3)cc2cc1NC(=O)c1cccc(C(F)(F)F)n1. The van der Waals surface area contributed by atoms with Crippen molar-refractivity contribution in [1.82, 2.24) is 29.9 Å². The minimum absolute atomic E-state index is 0.0659. The Balaban J connectivity index is 0.728. The average Bonchev–Trinajstić information content (AvgIpc) is 3.77. The molecule has 64 heavy (non-hydrogen) atoms. The van der Waals surface area contributed by atoms with Gasteiger partial charge in [-0.15, -0.1) is 0 Å². The third-order valence-electron chi connectivity index (χ3n) is 13.4. The molecular formula is C46H51F3N8O7. The zero-order valence-electron chi connectivity index (χ0n) is 35.6. The zero-order chi connectivity index (χ0) is 45.1. The molecule has 0 spiro atoms. The van der Waals surface area contributed by atoms with Crippen LogP contribution in [-0.4, -0.2) is 103 Å². The Kier molecular flexibility index (Phi) is 11.6. The molecule has 9 rings (SSSR count). The number of aliphatic hydroxyl groups is 1. The van der Waals surface area contributed by atoms with Crippen LogP contribution in [0.2, 0.25) is 0 Å². The van der Waals surface area contributed by atoms with Crippen LogP contribution in [-0.2, 0) is 26.1 Å². The van der Waals surface area contributed by atoms with Gasteiger partial charge in [0.05, 0.1) is 40.5 Å². The number of amides is 5. The number of rotatable bonds is 11. The van der Waals surface area contributed by atoms with Crippen molar-refractivity contribution in [1.29, 1.82) is 0 Å². The molecule has 15 nitrogen and oxygen atoms in total. The Morgan fingerprint density at radius 1 is 0.906 bits per heavy atom. The number of alkyl halides is 3. The maximum absolute atomic E-state index is 13.5. The van der Waals surface area contributed by atoms with E-state index in [1.54, 1.807) is 44.2 Å². The molecule has 0 radical (unpaired) electrons. The Bertz CT molecular complexity index is 2500. The first-order valence-electron chi connectivity index (χ1n) is 22.1. The first-order chi connectivity index (χ1) is 30.5. The second-order valence-corrected chi connectivity index (χ2v) is 18.4. The molecule has 2 aromatic carbocycles. The number of pyridine rings is 1. The summed E-state index contributed by atoms with van der Waals surface area (Å²) >= 11 is 0. The second kappa shape index (κ2) is 17.0. The van der Waals surface area contributed by atoms with Gasteiger partial charge in [0.15, 0.2) is 0 Å². The smallest absolute Gasteiger partial charge is 0.386 e. The highest BCUT2D eigenvalue weighted by Gasteiger charge is 2.46. The quantitative estimate of drug-likeness (QED) is 0.126. The summed E-state index contributed by atoms with van der Waals surface area (Å²) in [4.78, 5) is 71.0. The van der Waals surface area contributed by atoms with Crippen molar-refractivity contribution in [2.75, 3.05) is 30.3 Å². The number of nitrogens with one attached hydrogen (secondary N) is 3. The van der Waals surface area contributed by atoms with Gasteiger partial charge in [-0.1, -0.05) is 12.1 Å². The Hall–Kier alpha value is -5.72. The molecule has 2 saturated carbocycles. The Morgan fingerprint density at radius 2 is 1.64 bits per heavy atom. The third-order valence-corrected chi connectivity index (χ3v) is 13.4. The molecule has 338 valence electrons. The highest BCUT2D eigenvalue weighted by Crippen LogP contribution is 2.39. The monoisotopic (exact) mass is 884 g/mol. The summed E-state index contributed by atoms with van der Waals surface area (Å²) in [5.41, 5.74) is -0.582. The highest BCUT2D eigenvalue weighted by atomic mass is 19.4. The van der Waals surface area contributed by atoms with E-state index in [2.05, 4.69) is 25.8 Å². The molecule has 0 bridgehead atoms. The number of benzene rings is 2. The third kappa shape index (κ3) is 8.87. The van der Waals surface area contributed by atoms with Gasteiger partial charge in [-0.05, 0) is 114 Å². The molecule has 2 aliphatic carbocycles. The number of anilines is 2. The average molecular weight is 885 g/mol. The van der Waals surface area contributed by atoms with E-state index in [9.17, 15) is 42.3 Å². The van der Waals surface area contributed by atoms with E-state index in [1.807, 2.05) is 10.9 Å². The predicted molar refractivity (Wildman–Crippen MR) is 227 cm³/mol. The summed E-state index contributed by atoms with van der Waals surface area (Å²) in [6, 6.07) is 10.9. The second-order valence-electron chi connectivity index (χ2n) is 18.4. The van der Waals surface area contributed by atoms with Crippen molar-refractivity contribution in [3.63, 3.8) is 0 Å². The lowest BCUT2D eigenvalue weighted by Crippen LogP contribution is -2.54. The molecule has 4 aromatic rings. The lowest BCUT2D eigenvalue weighted by Gasteiger charge is -2.41. The number of imide groups is 2. The maximum Gasteiger partial charge on any atom is 0.433 e. The summed E-state index contributed by atoms with van der Waals surface area (Å²) in [6.07, 6.45) is 5.13. The summed E-state index contributed by atoms with van der Waals surface area (Å²) in [5, 5.41) is 24.9. The van der Waals surface area contributed by atoms with E-state index in [-0.39, 0.29) is 53.9 Å². The maximum atomic E-state index is 13.5. The molecule has 5 aliphatic rings. The van der Waals surface area contributed by atoms with Crippen LogP contribution < -0.4 is 16.0 Å². The van der Waals surface area contributed by atoms with Crippen LogP contribution in [0, 0.1) is 5.92 Å². The van der Waals surface area contributed by atoms with Gasteiger partial charge >= 0.3 is 6.18 Å². The number of carbonyl (C=O) groups excluding carboxylic acids is 5. The Morgan fingerprint density at radius 3 is 2.34 bits per heavy atom. The first-order valence-corrected chi connectivity index (χ1v) is 22.1. The van der Waals surface area contributed by atoms with Gasteiger partial charge in [0.2, 0.25) is 11.8 Å². The van der Waals surface area contributed by atoms with Gasteiger partial charge in [-0.2, -0.15) is 18.3 Å². The van der Waals surface area contributed by atoms with Crippen molar-refractivity contribution in [2.24, 2.45) is 5.92 Å². The number of carbonyl (C=O) groups is 5. The predicted octanol–water partition coefficient (Wildman–Crippen LogP) is 6.19. The topological polar surface area (TPSA) is 188 Å². The van der Waals surface area contributed by atoms with Gasteiger partial charge in [-0.25, -0.2) is 4.98 Å². The van der Waals surface area contributed by atoms with Gasteiger partial charge in [-0.3, -0.25) is 38.9 Å². The van der Waals surface area contributed by atoms with Crippen molar-refractivity contribution >= 4 is 51.8 Å². The van der Waals surface area contributed by atoms with E-state index in [0.29, 0.717) is 22.7 Å². The fraction of sp³-hybridized carbons (Fsp3) is 0.500. The minimum atomic E-state index is -4.70. The zero-order valence-corrected chi connectivity index (χ0v) is 35.6. The molecular weight excluding hydrogens is 834 g/mol. The number of hydrogen-bond donors (Lipinski definition) is 4. The van der Waals surface area contributed by atoms with Crippen LogP contribution in [0.1, 0.15) is 127 Å². The molecule has 1 atom stereocenters. The molecule has 2 aromatic heterocycles. The minimum Gasteiger partial charge on any atom is -0.386 e. The fourth-order valence-corrected chi connectivity index (χ4v) is 9.90. The van der Waals surface area contributed by atoms with E-state index < -0.39 is 58.7 Å². The van der Waals surface area contributed by atoms with Crippen LogP contribution in [0.5, 0.6) is 0 Å². The van der Waals surface area contributed by atoms with Crippen LogP contribution in [0.4, 0.5) is 24.5 Å². The number of piperidine rings is 2. The molecule has 1 unspecified atom stereocenters. The van der Waals surface area contributed by atoms with E-state index in [4.69, 9.17) is 9.84 Å². The Labute approximate surface area is 367 Å². The summed E-state index contributed by atoms with van der Waals surface area (Å²) < 4.78 is 48.3. The fourth-order valence-electron chi connectivity index (χ4n) is 9.90. The molecule has 4 N–H and O–H groups in total. The largest absolute Gasteiger partial charge is 0.433 e. The number of likely N-dealkylation sites (tertiary alicyclic amines) is 1. The van der Waals surface area contributed by atoms with Crippen molar-refractivity contribution < 1.29 is 47.0 Å². The molecule has 18 heteroatoms. The van der Waals surface area contributed by atoms with Crippen molar-refractivity contribution in [2.45, 2.75) is 120 Å². The van der Waals surface area contributed by atoms with E-state index in [0.717, 1.165) is 93.4 Å². The number of hydrogen-bond acceptors (Lipinski definition) is 11. The number of fused-ring (bicyclic) bond motifs is 2. The van der Waals surface area contributed by atoms with Gasteiger partial charge < -0.3 is 25.4 Å². The summed E-state index contributed by atoms with van der Waals surface area (Å²) in [7, 11) is 0. The molecule has 5 heterocycles. The van der Waals surface area contributed by atoms with Crippen molar-refractivity contribution in [3.05, 3.63) is 82.8 Å². The number of ether oxygens (including phenoxy) is 1. The van der Waals surface area contributed by atoms with Crippen LogP contribution in [0.25, 0.3) is 10.9 Å². The molecule has 4 fully saturated rings. The van der Waals surface area contributed by atoms with Gasteiger partial charge in [0, 0.05) is 60.6 Å². The number of aromatic nitrogens is 3. The van der Waals surface area contributed by atoms with Crippen LogP contribution in [0.15, 0.2) is 54.7 Å². The summed E-state index contributed by atoms with van der Waals surface area (Å²) in [6.45, 7) is 6.09. The normalized spacial score (nSPS) is 24.7. The molecule has 3 aliphatic heterocycles. The first kappa shape index (κ1) is 43.5.